The molecule has 1 aromatic carbocycles. The van der Waals surface area contributed by atoms with Crippen LogP contribution in [-0.4, -0.2) is 54.6 Å². The Kier molecular flexibility index (Phi) is 7.41. The first-order chi connectivity index (χ1) is 16.3. The smallest absolute Gasteiger partial charge is 0.303 e. The number of anilines is 1. The van der Waals surface area contributed by atoms with Gasteiger partial charge in [-0.15, -0.1) is 0 Å². The summed E-state index contributed by atoms with van der Waals surface area (Å²) in [6.45, 7) is 1.45. The topological polar surface area (TPSA) is 132 Å². The summed E-state index contributed by atoms with van der Waals surface area (Å²) in [7, 11) is 1.78. The van der Waals surface area contributed by atoms with Crippen molar-refractivity contribution in [3.05, 3.63) is 41.3 Å². The van der Waals surface area contributed by atoms with E-state index >= 15 is 0 Å². The maximum absolute atomic E-state index is 13.4. The van der Waals surface area contributed by atoms with Crippen LogP contribution in [0, 0.1) is 17.2 Å². The molecule has 2 saturated carbocycles. The van der Waals surface area contributed by atoms with E-state index in [1.807, 2.05) is 12.1 Å². The Morgan fingerprint density at radius 3 is 2.41 bits per heavy atom. The average Bonchev–Trinajstić information content (AvgIpc) is 3.65. The first kappa shape index (κ1) is 24.1. The number of hydrogen-bond acceptors (Lipinski definition) is 6. The monoisotopic (exact) mass is 469 g/mol. The molecule has 34 heavy (non-hydrogen) atoms. The van der Waals surface area contributed by atoms with Gasteiger partial charge in [0.05, 0.1) is 6.54 Å². The number of hydrogen-bond donors (Lipinski definition) is 4. The minimum absolute atomic E-state index is 0.0594. The minimum Gasteiger partial charge on any atom is -0.481 e. The molecule has 1 amide bonds. The van der Waals surface area contributed by atoms with Crippen molar-refractivity contribution in [3.8, 4) is 0 Å². The Balaban J connectivity index is 1.45. The van der Waals surface area contributed by atoms with Crippen LogP contribution < -0.4 is 16.1 Å². The summed E-state index contributed by atoms with van der Waals surface area (Å²) >= 11 is 0. The van der Waals surface area contributed by atoms with Gasteiger partial charge in [0, 0.05) is 25.7 Å². The number of aliphatic carboxylic acids is 1. The number of nitrogens with zero attached hydrogens (tertiary/aromatic N) is 2. The van der Waals surface area contributed by atoms with E-state index in [2.05, 4.69) is 17.6 Å². The number of carbonyl (C=O) groups excluding carboxylic acids is 1. The van der Waals surface area contributed by atoms with E-state index in [1.165, 1.54) is 18.4 Å². The summed E-state index contributed by atoms with van der Waals surface area (Å²) in [6.07, 6.45) is 6.48. The zero-order valence-electron chi connectivity index (χ0n) is 19.8. The molecule has 3 aliphatic rings. The lowest BCUT2D eigenvalue weighted by Crippen LogP contribution is -2.40. The number of nitrogens with two attached hydrogens (primary N) is 1. The summed E-state index contributed by atoms with van der Waals surface area (Å²) in [5, 5.41) is 18.7. The Hall–Kier alpha value is -3.07. The lowest BCUT2D eigenvalue weighted by Gasteiger charge is -2.28. The van der Waals surface area contributed by atoms with Gasteiger partial charge in [-0.25, -0.2) is 5.43 Å². The van der Waals surface area contributed by atoms with E-state index < -0.39 is 5.97 Å². The second-order valence-electron chi connectivity index (χ2n) is 9.67. The van der Waals surface area contributed by atoms with Gasteiger partial charge < -0.3 is 20.5 Å². The Bertz CT molecular complexity index is 949. The average molecular weight is 470 g/mol. The third kappa shape index (κ3) is 5.70. The predicted octanol–water partition coefficient (Wildman–Crippen LogP) is 2.79. The highest BCUT2D eigenvalue weighted by Gasteiger charge is 2.32. The first-order valence-corrected chi connectivity index (χ1v) is 12.2. The summed E-state index contributed by atoms with van der Waals surface area (Å²) in [6, 6.07) is 7.98. The van der Waals surface area contributed by atoms with Crippen molar-refractivity contribution in [3.63, 3.8) is 0 Å². The lowest BCUT2D eigenvalue weighted by atomic mass is 9.77. The van der Waals surface area contributed by atoms with Crippen LogP contribution in [0.5, 0.6) is 0 Å². The van der Waals surface area contributed by atoms with Gasteiger partial charge in [-0.2, -0.15) is 0 Å². The minimum atomic E-state index is -0.717. The lowest BCUT2D eigenvalue weighted by molar-refractivity contribution is -0.138. The van der Waals surface area contributed by atoms with Gasteiger partial charge in [0.2, 0.25) is 5.88 Å². The summed E-state index contributed by atoms with van der Waals surface area (Å²) in [4.78, 5) is 26.0. The highest BCUT2D eigenvalue weighted by Crippen LogP contribution is 2.37. The Morgan fingerprint density at radius 2 is 1.82 bits per heavy atom. The van der Waals surface area contributed by atoms with Gasteiger partial charge in [0.15, 0.2) is 0 Å². The van der Waals surface area contributed by atoms with E-state index in [0.29, 0.717) is 25.0 Å². The molecule has 2 aliphatic carbocycles. The van der Waals surface area contributed by atoms with Gasteiger partial charge >= 0.3 is 5.97 Å². The Labute approximate surface area is 200 Å². The summed E-state index contributed by atoms with van der Waals surface area (Å²) in [5.41, 5.74) is 11.1. The third-order valence-corrected chi connectivity index (χ3v) is 7.10. The molecule has 4 rings (SSSR count). The SMILES string of the molecule is CN(NCC1CC1)C1=C(C(=N)N)C(=O)N(c2ccc(C3CCC(CC(=O)O)CC3)cc2)CCO1. The van der Waals surface area contributed by atoms with Crippen molar-refractivity contribution < 1.29 is 19.4 Å². The highest BCUT2D eigenvalue weighted by atomic mass is 16.5. The molecule has 5 N–H and O–H groups in total. The van der Waals surface area contributed by atoms with Gasteiger partial charge in [-0.3, -0.25) is 20.0 Å². The van der Waals surface area contributed by atoms with E-state index in [4.69, 9.17) is 21.0 Å². The third-order valence-electron chi connectivity index (χ3n) is 7.10. The van der Waals surface area contributed by atoms with Crippen LogP contribution in [0.15, 0.2) is 35.7 Å². The summed E-state index contributed by atoms with van der Waals surface area (Å²) < 4.78 is 5.89. The molecule has 2 fully saturated rings. The molecule has 1 aromatic rings. The fraction of sp³-hybridized carbons (Fsp3) is 0.560. The van der Waals surface area contributed by atoms with Crippen LogP contribution in [0.4, 0.5) is 5.69 Å². The first-order valence-electron chi connectivity index (χ1n) is 12.2. The molecule has 0 aromatic heterocycles. The largest absolute Gasteiger partial charge is 0.481 e. The van der Waals surface area contributed by atoms with Gasteiger partial charge in [0.25, 0.3) is 5.91 Å². The number of amidine groups is 1. The van der Waals surface area contributed by atoms with Crippen molar-refractivity contribution in [2.75, 3.05) is 31.6 Å². The number of nitrogens with one attached hydrogen (secondary N) is 2. The normalized spacial score (nSPS) is 23.3. The highest BCUT2D eigenvalue weighted by molar-refractivity contribution is 6.24. The number of hydrazine groups is 1. The molecule has 9 heteroatoms. The number of carbonyl (C=O) groups is 2. The van der Waals surface area contributed by atoms with Gasteiger partial charge in [-0.1, -0.05) is 12.1 Å². The van der Waals surface area contributed by atoms with E-state index in [9.17, 15) is 9.59 Å². The van der Waals surface area contributed by atoms with Crippen molar-refractivity contribution in [2.24, 2.45) is 17.6 Å². The van der Waals surface area contributed by atoms with Crippen molar-refractivity contribution in [1.29, 1.82) is 5.41 Å². The van der Waals surface area contributed by atoms with Crippen LogP contribution >= 0.6 is 0 Å². The molecule has 184 valence electrons. The molecular weight excluding hydrogens is 434 g/mol. The van der Waals surface area contributed by atoms with Gasteiger partial charge in [-0.05, 0) is 74.0 Å². The van der Waals surface area contributed by atoms with Crippen molar-refractivity contribution >= 4 is 23.4 Å². The second kappa shape index (κ2) is 10.5. The number of carboxylic acid groups (broad SMARTS) is 1. The second-order valence-corrected chi connectivity index (χ2v) is 9.67. The Morgan fingerprint density at radius 1 is 1.18 bits per heavy atom. The molecule has 1 aliphatic heterocycles. The number of benzene rings is 1. The maximum Gasteiger partial charge on any atom is 0.303 e. The van der Waals surface area contributed by atoms with Crippen LogP contribution in [0.3, 0.4) is 0 Å². The van der Waals surface area contributed by atoms with Crippen molar-refractivity contribution in [2.45, 2.75) is 50.9 Å². The number of rotatable bonds is 9. The number of ether oxygens (including phenoxy) is 1. The standard InChI is InChI=1S/C25H35N5O4/c1-29(28-15-17-2-3-17)25-22(23(26)27)24(33)30(12-13-34-25)20-10-8-19(9-11-20)18-6-4-16(5-7-18)14-21(31)32/h8-11,16-18,28H,2-7,12-15H2,1H3,(H3,26,27)(H,31,32). The molecule has 0 bridgehead atoms. The molecule has 0 atom stereocenters. The van der Waals surface area contributed by atoms with Crippen LogP contribution in [0.25, 0.3) is 0 Å². The van der Waals surface area contributed by atoms with Crippen LogP contribution in [0.1, 0.15) is 56.4 Å². The zero-order valence-corrected chi connectivity index (χ0v) is 19.8. The summed E-state index contributed by atoms with van der Waals surface area (Å²) in [5.74, 6) is 0.232. The molecule has 9 nitrogen and oxygen atoms in total. The zero-order chi connectivity index (χ0) is 24.2. The fourth-order valence-electron chi connectivity index (χ4n) is 4.91. The quantitative estimate of drug-likeness (QED) is 0.248. The van der Waals surface area contributed by atoms with Crippen LogP contribution in [0.2, 0.25) is 0 Å². The van der Waals surface area contributed by atoms with Crippen LogP contribution in [-0.2, 0) is 14.3 Å². The molecule has 0 unspecified atom stereocenters. The molecule has 1 heterocycles. The van der Waals surface area contributed by atoms with E-state index in [0.717, 1.165) is 37.9 Å². The van der Waals surface area contributed by atoms with E-state index in [1.54, 1.807) is 17.0 Å². The molecular formula is C25H35N5O4. The number of carboxylic acids is 1. The van der Waals surface area contributed by atoms with Crippen molar-refractivity contribution in [1.82, 2.24) is 10.4 Å². The predicted molar refractivity (Wildman–Crippen MR) is 129 cm³/mol. The molecule has 0 saturated heterocycles. The van der Waals surface area contributed by atoms with E-state index in [-0.39, 0.29) is 35.5 Å². The molecule has 0 spiro atoms. The maximum atomic E-state index is 13.4. The fourth-order valence-corrected chi connectivity index (χ4v) is 4.91. The number of amides is 1. The molecule has 0 radical (unpaired) electrons. The van der Waals surface area contributed by atoms with Gasteiger partial charge in [0.1, 0.15) is 18.0 Å².